The lowest BCUT2D eigenvalue weighted by atomic mass is 10.2. The predicted octanol–water partition coefficient (Wildman–Crippen LogP) is 1.60. The van der Waals surface area contributed by atoms with Gasteiger partial charge in [0.25, 0.3) is 0 Å². The van der Waals surface area contributed by atoms with Crippen molar-refractivity contribution in [3.05, 3.63) is 0 Å². The Morgan fingerprint density at radius 3 is 3.06 bits per heavy atom. The molecule has 0 radical (unpaired) electrons. The van der Waals surface area contributed by atoms with Gasteiger partial charge in [-0.15, -0.1) is 4.18 Å². The number of carbonyl (C=O) groups excluding carboxylic acids is 1. The second-order valence-corrected chi connectivity index (χ2v) is 4.60. The highest BCUT2D eigenvalue weighted by Crippen LogP contribution is 2.13. The molecule has 4 nitrogen and oxygen atoms in total. The van der Waals surface area contributed by atoms with E-state index in [2.05, 4.69) is 0 Å². The van der Waals surface area contributed by atoms with Crippen LogP contribution in [0.5, 0.6) is 0 Å². The van der Waals surface area contributed by atoms with Crippen LogP contribution in [0.4, 0.5) is 0 Å². The van der Waals surface area contributed by atoms with Crippen molar-refractivity contribution >= 4 is 18.0 Å². The van der Waals surface area contributed by atoms with Crippen molar-refractivity contribution in [3.63, 3.8) is 0 Å². The zero-order valence-electron chi connectivity index (χ0n) is 9.81. The Morgan fingerprint density at radius 1 is 1.50 bits per heavy atom. The number of carbonyl (C=O) groups is 1. The summed E-state index contributed by atoms with van der Waals surface area (Å²) < 4.78 is 15.9. The minimum absolute atomic E-state index is 0.0198. The number of ether oxygens (including phenoxy) is 2. The maximum Gasteiger partial charge on any atom is 0.305 e. The van der Waals surface area contributed by atoms with Crippen molar-refractivity contribution in [2.75, 3.05) is 19.0 Å². The molecule has 0 saturated carbocycles. The van der Waals surface area contributed by atoms with Crippen LogP contribution in [0, 0.1) is 0 Å². The Kier molecular flexibility index (Phi) is 7.63. The molecule has 1 unspecified atom stereocenters. The summed E-state index contributed by atoms with van der Waals surface area (Å²) in [6, 6.07) is 0. The van der Waals surface area contributed by atoms with Gasteiger partial charge in [-0.25, -0.2) is 0 Å². The maximum absolute atomic E-state index is 10.8. The quantitative estimate of drug-likeness (QED) is 0.297. The molecule has 0 aromatic rings. The molecule has 1 aliphatic heterocycles. The highest BCUT2D eigenvalue weighted by atomic mass is 32.2. The Labute approximate surface area is 101 Å². The largest absolute Gasteiger partial charge is 0.465 e. The molecule has 0 amide bonds. The highest BCUT2D eigenvalue weighted by Gasteiger charge is 2.18. The number of thiol groups is 1. The summed E-state index contributed by atoms with van der Waals surface area (Å²) >= 11 is 0.927. The van der Waals surface area contributed by atoms with Gasteiger partial charge in [-0.2, -0.15) is 0 Å². The standard InChI is InChI=1S/C11H20O4S/c1-2-10(12)13-8-5-9-16-15-11-6-3-4-7-14-11/h11H,2-9H2,1H3/p+1. The van der Waals surface area contributed by atoms with Crippen molar-refractivity contribution in [1.82, 2.24) is 0 Å². The van der Waals surface area contributed by atoms with Crippen LogP contribution < -0.4 is 0 Å². The predicted molar refractivity (Wildman–Crippen MR) is 64.2 cm³/mol. The SMILES string of the molecule is CCC(=O)OCCC[SH+]OC1CCCCO1. The second kappa shape index (κ2) is 8.84. The van der Waals surface area contributed by atoms with Gasteiger partial charge in [0.1, 0.15) is 17.8 Å². The van der Waals surface area contributed by atoms with Gasteiger partial charge in [-0.3, -0.25) is 4.79 Å². The fourth-order valence-electron chi connectivity index (χ4n) is 1.35. The van der Waals surface area contributed by atoms with Crippen LogP contribution in [-0.4, -0.2) is 31.2 Å². The van der Waals surface area contributed by atoms with E-state index < -0.39 is 0 Å². The van der Waals surface area contributed by atoms with Crippen LogP contribution in [0.2, 0.25) is 0 Å². The minimum atomic E-state index is -0.131. The zero-order valence-corrected chi connectivity index (χ0v) is 10.7. The number of rotatable bonds is 7. The first kappa shape index (κ1) is 13.8. The molecule has 1 fully saturated rings. The fourth-order valence-corrected chi connectivity index (χ4v) is 2.04. The van der Waals surface area contributed by atoms with Gasteiger partial charge in [-0.05, 0) is 12.8 Å². The van der Waals surface area contributed by atoms with E-state index >= 15 is 0 Å². The molecule has 1 heterocycles. The molecule has 94 valence electrons. The lowest BCUT2D eigenvalue weighted by molar-refractivity contribution is -0.143. The lowest BCUT2D eigenvalue weighted by Crippen LogP contribution is -2.22. The van der Waals surface area contributed by atoms with Crippen molar-refractivity contribution in [3.8, 4) is 0 Å². The molecule has 1 atom stereocenters. The monoisotopic (exact) mass is 249 g/mol. The fraction of sp³-hybridized carbons (Fsp3) is 0.909. The Bertz CT molecular complexity index is 192. The van der Waals surface area contributed by atoms with Crippen LogP contribution in [0.1, 0.15) is 39.0 Å². The van der Waals surface area contributed by atoms with E-state index in [1.165, 1.54) is 6.42 Å². The van der Waals surface area contributed by atoms with Gasteiger partial charge >= 0.3 is 5.97 Å². The van der Waals surface area contributed by atoms with E-state index in [0.29, 0.717) is 13.0 Å². The molecule has 1 rings (SSSR count). The first-order valence-electron chi connectivity index (χ1n) is 5.92. The smallest absolute Gasteiger partial charge is 0.305 e. The summed E-state index contributed by atoms with van der Waals surface area (Å²) in [6.45, 7) is 3.10. The van der Waals surface area contributed by atoms with Crippen LogP contribution in [0.15, 0.2) is 0 Å². The summed E-state index contributed by atoms with van der Waals surface area (Å²) in [7, 11) is 0. The van der Waals surface area contributed by atoms with Gasteiger partial charge in [0.15, 0.2) is 0 Å². The number of esters is 1. The van der Waals surface area contributed by atoms with Gasteiger partial charge in [0, 0.05) is 25.9 Å². The Balaban J connectivity index is 1.85. The number of hydrogen-bond acceptors (Lipinski definition) is 4. The third kappa shape index (κ3) is 6.35. The molecular formula is C11H21O4S+. The average molecular weight is 249 g/mol. The van der Waals surface area contributed by atoms with Crippen molar-refractivity contribution in [2.45, 2.75) is 45.3 Å². The third-order valence-corrected chi connectivity index (χ3v) is 3.16. The van der Waals surface area contributed by atoms with E-state index in [4.69, 9.17) is 13.7 Å². The van der Waals surface area contributed by atoms with Gasteiger partial charge < -0.3 is 9.47 Å². The Hall–Kier alpha value is -0.260. The summed E-state index contributed by atoms with van der Waals surface area (Å²) in [5.74, 6) is 0.754. The first-order chi connectivity index (χ1) is 7.83. The molecule has 0 aliphatic carbocycles. The topological polar surface area (TPSA) is 44.8 Å². The van der Waals surface area contributed by atoms with Crippen LogP contribution in [-0.2, 0) is 30.5 Å². The molecule has 1 saturated heterocycles. The van der Waals surface area contributed by atoms with Crippen molar-refractivity contribution < 1.29 is 18.5 Å². The highest BCUT2D eigenvalue weighted by molar-refractivity contribution is 7.73. The molecule has 0 aromatic carbocycles. The first-order valence-corrected chi connectivity index (χ1v) is 6.92. The summed E-state index contributed by atoms with van der Waals surface area (Å²) in [5, 5.41) is 0. The molecule has 1 aliphatic rings. The molecular weight excluding hydrogens is 228 g/mol. The van der Waals surface area contributed by atoms with E-state index in [9.17, 15) is 4.79 Å². The minimum Gasteiger partial charge on any atom is -0.465 e. The second-order valence-electron chi connectivity index (χ2n) is 3.68. The molecule has 0 spiro atoms. The maximum atomic E-state index is 10.8. The molecule has 5 heteroatoms. The van der Waals surface area contributed by atoms with Crippen LogP contribution >= 0.6 is 0 Å². The normalized spacial score (nSPS) is 20.7. The van der Waals surface area contributed by atoms with E-state index in [0.717, 1.165) is 43.7 Å². The van der Waals surface area contributed by atoms with Crippen molar-refractivity contribution in [1.29, 1.82) is 0 Å². The van der Waals surface area contributed by atoms with Gasteiger partial charge in [-0.1, -0.05) is 6.92 Å². The molecule has 16 heavy (non-hydrogen) atoms. The summed E-state index contributed by atoms with van der Waals surface area (Å²) in [4.78, 5) is 10.8. The van der Waals surface area contributed by atoms with E-state index in [-0.39, 0.29) is 12.3 Å². The zero-order chi connectivity index (χ0) is 11.6. The Morgan fingerprint density at radius 2 is 2.38 bits per heavy atom. The average Bonchev–Trinajstić information content (AvgIpc) is 2.34. The van der Waals surface area contributed by atoms with Gasteiger partial charge in [0.2, 0.25) is 6.29 Å². The number of hydrogen-bond donors (Lipinski definition) is 0. The molecule has 0 bridgehead atoms. The molecule has 0 aromatic heterocycles. The van der Waals surface area contributed by atoms with Crippen molar-refractivity contribution in [2.24, 2.45) is 0 Å². The van der Waals surface area contributed by atoms with Gasteiger partial charge in [0.05, 0.1) is 6.61 Å². The van der Waals surface area contributed by atoms with Crippen LogP contribution in [0.3, 0.4) is 0 Å². The summed E-state index contributed by atoms with van der Waals surface area (Å²) in [6.07, 6.45) is 4.61. The third-order valence-electron chi connectivity index (χ3n) is 2.28. The molecule has 0 N–H and O–H groups in total. The van der Waals surface area contributed by atoms with E-state index in [1.54, 1.807) is 6.92 Å². The lowest BCUT2D eigenvalue weighted by Gasteiger charge is -2.17. The van der Waals surface area contributed by atoms with E-state index in [1.807, 2.05) is 0 Å². The van der Waals surface area contributed by atoms with Crippen LogP contribution in [0.25, 0.3) is 0 Å². The summed E-state index contributed by atoms with van der Waals surface area (Å²) in [5.41, 5.74) is 0.